The molecule has 1 unspecified atom stereocenters. The molecule has 33 heavy (non-hydrogen) atoms. The van der Waals surface area contributed by atoms with Crippen LogP contribution in [0.5, 0.6) is 0 Å². The summed E-state index contributed by atoms with van der Waals surface area (Å²) in [5, 5.41) is 13.7. The third-order valence-electron chi connectivity index (χ3n) is 5.48. The lowest BCUT2D eigenvalue weighted by Gasteiger charge is -2.38. The molecule has 0 aromatic carbocycles. The Morgan fingerprint density at radius 2 is 2.21 bits per heavy atom. The van der Waals surface area contributed by atoms with Gasteiger partial charge in [0.2, 0.25) is 0 Å². The minimum Gasteiger partial charge on any atom is -0.451 e. The minimum absolute atomic E-state index is 0.0698. The largest absolute Gasteiger partial charge is 0.451 e. The molecule has 2 N–H and O–H groups in total. The van der Waals surface area contributed by atoms with Crippen molar-refractivity contribution in [1.82, 2.24) is 25.0 Å². The van der Waals surface area contributed by atoms with Crippen LogP contribution in [-0.4, -0.2) is 49.8 Å². The van der Waals surface area contributed by atoms with Crippen LogP contribution in [0.1, 0.15) is 29.9 Å². The van der Waals surface area contributed by atoms with Gasteiger partial charge in [0, 0.05) is 25.4 Å². The monoisotopic (exact) mass is 454 g/mol. The number of hydrogen-bond acceptors (Lipinski definition) is 6. The molecule has 0 saturated heterocycles. The molecule has 0 radical (unpaired) electrons. The van der Waals surface area contributed by atoms with E-state index in [1.54, 1.807) is 18.5 Å². The highest BCUT2D eigenvalue weighted by Gasteiger charge is 2.44. The zero-order valence-corrected chi connectivity index (χ0v) is 17.5. The van der Waals surface area contributed by atoms with E-state index in [0.717, 1.165) is 6.20 Å². The van der Waals surface area contributed by atoms with E-state index in [4.69, 9.17) is 9.15 Å². The lowest BCUT2D eigenvalue weighted by Crippen LogP contribution is -2.46. The van der Waals surface area contributed by atoms with Crippen LogP contribution >= 0.6 is 0 Å². The lowest BCUT2D eigenvalue weighted by molar-refractivity contribution is -0.0921. The number of amides is 1. The van der Waals surface area contributed by atoms with E-state index in [9.17, 15) is 13.6 Å². The number of pyridine rings is 1. The molecule has 4 aromatic rings. The molecule has 4 aromatic heterocycles. The molecule has 1 amide bonds. The van der Waals surface area contributed by atoms with Crippen molar-refractivity contribution in [3.63, 3.8) is 0 Å². The predicted octanol–water partition coefficient (Wildman–Crippen LogP) is 4.01. The summed E-state index contributed by atoms with van der Waals surface area (Å²) in [7, 11) is 0. The maximum atomic E-state index is 14.6. The highest BCUT2D eigenvalue weighted by molar-refractivity contribution is 6.04. The average Bonchev–Trinajstić information content (AvgIpc) is 3.57. The first kappa shape index (κ1) is 21.0. The van der Waals surface area contributed by atoms with Crippen LogP contribution in [-0.2, 0) is 4.74 Å². The number of rotatable bonds is 7. The van der Waals surface area contributed by atoms with Crippen molar-refractivity contribution >= 4 is 11.6 Å². The normalized spacial score (nSPS) is 19.9. The molecule has 0 spiro atoms. The van der Waals surface area contributed by atoms with E-state index in [2.05, 4.69) is 25.6 Å². The number of ether oxygens (including phenoxy) is 1. The van der Waals surface area contributed by atoms with Gasteiger partial charge in [-0.15, -0.1) is 0 Å². The average molecular weight is 454 g/mol. The second-order valence-corrected chi connectivity index (χ2v) is 7.58. The Morgan fingerprint density at radius 1 is 1.33 bits per heavy atom. The number of anilines is 1. The van der Waals surface area contributed by atoms with Crippen LogP contribution in [0.25, 0.3) is 22.7 Å². The first-order valence-electron chi connectivity index (χ1n) is 10.4. The molecule has 1 aliphatic rings. The van der Waals surface area contributed by atoms with Gasteiger partial charge in [-0.25, -0.2) is 8.78 Å². The van der Waals surface area contributed by atoms with Crippen molar-refractivity contribution < 1.29 is 22.7 Å². The fourth-order valence-electron chi connectivity index (χ4n) is 3.72. The molecular formula is C22H20F2N6O3. The first-order chi connectivity index (χ1) is 16.0. The second-order valence-electron chi connectivity index (χ2n) is 7.58. The SMILES string of the molecule is CCO[C@@H]1C[C@H](n2cc(NC(=O)c3ccc(-c4cn[nH]c4)o3)c(-c3ccc(F)cn3)n2)C1F. The number of carbonyl (C=O) groups excluding carboxylic acids is 1. The van der Waals surface area contributed by atoms with E-state index in [1.165, 1.54) is 29.1 Å². The molecule has 9 nitrogen and oxygen atoms in total. The number of aromatic amines is 1. The van der Waals surface area contributed by atoms with E-state index in [1.807, 2.05) is 6.92 Å². The second kappa shape index (κ2) is 8.58. The molecular weight excluding hydrogens is 434 g/mol. The van der Waals surface area contributed by atoms with Crippen LogP contribution in [0.4, 0.5) is 14.5 Å². The number of nitrogens with one attached hydrogen (secondary N) is 2. The number of nitrogens with zero attached hydrogens (tertiary/aromatic N) is 4. The molecule has 11 heteroatoms. The third kappa shape index (κ3) is 4.02. The Morgan fingerprint density at radius 3 is 2.91 bits per heavy atom. The van der Waals surface area contributed by atoms with Gasteiger partial charge in [-0.3, -0.25) is 19.6 Å². The van der Waals surface area contributed by atoms with E-state index in [0.29, 0.717) is 35.7 Å². The lowest BCUT2D eigenvalue weighted by atomic mass is 9.87. The molecule has 3 atom stereocenters. The predicted molar refractivity (Wildman–Crippen MR) is 114 cm³/mol. The third-order valence-corrected chi connectivity index (χ3v) is 5.48. The molecule has 4 heterocycles. The van der Waals surface area contributed by atoms with E-state index < -0.39 is 30.0 Å². The molecule has 0 aliphatic heterocycles. The van der Waals surface area contributed by atoms with Crippen molar-refractivity contribution in [2.45, 2.75) is 31.7 Å². The summed E-state index contributed by atoms with van der Waals surface area (Å²) in [6, 6.07) is 5.33. The van der Waals surface area contributed by atoms with Crippen molar-refractivity contribution in [3.05, 3.63) is 60.6 Å². The molecule has 1 fully saturated rings. The Balaban J connectivity index is 1.42. The number of H-pyrrole nitrogens is 1. The molecule has 5 rings (SSSR count). The first-order valence-corrected chi connectivity index (χ1v) is 10.4. The summed E-state index contributed by atoms with van der Waals surface area (Å²) in [6.45, 7) is 2.24. The van der Waals surface area contributed by atoms with E-state index >= 15 is 0 Å². The van der Waals surface area contributed by atoms with Crippen LogP contribution in [0.2, 0.25) is 0 Å². The summed E-state index contributed by atoms with van der Waals surface area (Å²) in [5.41, 5.74) is 1.62. The summed E-state index contributed by atoms with van der Waals surface area (Å²) < 4.78 is 40.4. The van der Waals surface area contributed by atoms with Gasteiger partial charge >= 0.3 is 0 Å². The van der Waals surface area contributed by atoms with Crippen molar-refractivity contribution in [3.8, 4) is 22.7 Å². The van der Waals surface area contributed by atoms with Crippen molar-refractivity contribution in [1.29, 1.82) is 0 Å². The van der Waals surface area contributed by atoms with Gasteiger partial charge in [-0.05, 0) is 31.2 Å². The van der Waals surface area contributed by atoms with Crippen LogP contribution in [0.15, 0.2) is 53.5 Å². The van der Waals surface area contributed by atoms with Gasteiger partial charge in [-0.1, -0.05) is 0 Å². The number of alkyl halides is 1. The van der Waals surface area contributed by atoms with Crippen molar-refractivity contribution in [2.24, 2.45) is 0 Å². The summed E-state index contributed by atoms with van der Waals surface area (Å²) in [6.07, 6.45) is 4.54. The number of aromatic nitrogens is 5. The van der Waals surface area contributed by atoms with Gasteiger partial charge in [0.1, 0.15) is 23.4 Å². The fraction of sp³-hybridized carbons (Fsp3) is 0.273. The zero-order valence-electron chi connectivity index (χ0n) is 17.5. The van der Waals surface area contributed by atoms with Gasteiger partial charge < -0.3 is 14.5 Å². The Bertz CT molecular complexity index is 1250. The maximum Gasteiger partial charge on any atom is 0.291 e. The molecule has 1 aliphatic carbocycles. The molecule has 0 bridgehead atoms. The number of hydrogen-bond donors (Lipinski definition) is 2. The Kier molecular flexibility index (Phi) is 5.47. The number of carbonyl (C=O) groups is 1. The zero-order chi connectivity index (χ0) is 22.9. The number of furan rings is 1. The van der Waals surface area contributed by atoms with Crippen LogP contribution in [0.3, 0.4) is 0 Å². The van der Waals surface area contributed by atoms with Crippen LogP contribution in [0, 0.1) is 5.82 Å². The highest BCUT2D eigenvalue weighted by atomic mass is 19.1. The van der Waals surface area contributed by atoms with Gasteiger partial charge in [0.05, 0.1) is 41.5 Å². The van der Waals surface area contributed by atoms with E-state index in [-0.39, 0.29) is 11.5 Å². The minimum atomic E-state index is -1.23. The standard InChI is InChI=1S/C22H20F2N6O3/c1-2-32-19-7-16(20(19)24)30-11-15(21(29-30)14-4-3-13(23)10-25-14)28-22(31)18-6-5-17(33-18)12-8-26-27-9-12/h3-6,8-11,16,19-20H,2,7H2,1H3,(H,26,27)(H,28,31)/t16-,19+,20?/m0/s1. The van der Waals surface area contributed by atoms with Gasteiger partial charge in [0.25, 0.3) is 5.91 Å². The molecule has 170 valence electrons. The summed E-state index contributed by atoms with van der Waals surface area (Å²) in [5.74, 6) is -0.485. The highest BCUT2D eigenvalue weighted by Crippen LogP contribution is 2.39. The summed E-state index contributed by atoms with van der Waals surface area (Å²) in [4.78, 5) is 16.9. The molecule has 1 saturated carbocycles. The summed E-state index contributed by atoms with van der Waals surface area (Å²) >= 11 is 0. The fourth-order valence-corrected chi connectivity index (χ4v) is 3.72. The Hall–Kier alpha value is -3.86. The van der Waals surface area contributed by atoms with Crippen LogP contribution < -0.4 is 5.32 Å². The topological polar surface area (TPSA) is 111 Å². The van der Waals surface area contributed by atoms with Crippen molar-refractivity contribution in [2.75, 3.05) is 11.9 Å². The Labute approximate surface area is 186 Å². The number of halogens is 2. The van der Waals surface area contributed by atoms with Gasteiger partial charge in [-0.2, -0.15) is 10.2 Å². The smallest absolute Gasteiger partial charge is 0.291 e. The van der Waals surface area contributed by atoms with Gasteiger partial charge in [0.15, 0.2) is 5.76 Å². The quantitative estimate of drug-likeness (QED) is 0.437. The maximum absolute atomic E-state index is 14.6.